The molecule has 2 heterocycles. The van der Waals surface area contributed by atoms with Crippen LogP contribution in [0.5, 0.6) is 0 Å². The third kappa shape index (κ3) is 1.70. The molecule has 0 saturated carbocycles. The molecule has 0 aromatic rings. The second-order valence-corrected chi connectivity index (χ2v) is 6.16. The number of hydrogen-bond acceptors (Lipinski definition) is 3. The fourth-order valence-corrected chi connectivity index (χ4v) is 3.46. The first-order chi connectivity index (χ1) is 6.67. The van der Waals surface area contributed by atoms with Gasteiger partial charge in [-0.05, 0) is 38.9 Å². The molecule has 82 valence electrons. The van der Waals surface area contributed by atoms with Crippen molar-refractivity contribution in [2.75, 3.05) is 12.8 Å². The lowest BCUT2D eigenvalue weighted by Gasteiger charge is -2.50. The Hall–Kier alpha value is 0.270. The maximum atomic E-state index is 10.3. The van der Waals surface area contributed by atoms with Crippen LogP contribution in [0.1, 0.15) is 39.0 Å². The average molecular weight is 215 g/mol. The minimum Gasteiger partial charge on any atom is -0.377 e. The van der Waals surface area contributed by atoms with E-state index in [4.69, 9.17) is 0 Å². The molecule has 1 N–H and O–H groups in total. The summed E-state index contributed by atoms with van der Waals surface area (Å²) in [5.41, 5.74) is 0. The Kier molecular flexibility index (Phi) is 3.10. The van der Waals surface area contributed by atoms with Crippen molar-refractivity contribution in [2.45, 2.75) is 56.0 Å². The van der Waals surface area contributed by atoms with Gasteiger partial charge < -0.3 is 5.11 Å². The second kappa shape index (κ2) is 4.03. The van der Waals surface area contributed by atoms with Crippen LogP contribution in [0.25, 0.3) is 0 Å². The summed E-state index contributed by atoms with van der Waals surface area (Å²) in [6.07, 6.45) is 8.23. The highest BCUT2D eigenvalue weighted by Gasteiger charge is 2.44. The molecule has 3 atom stereocenters. The van der Waals surface area contributed by atoms with E-state index in [0.29, 0.717) is 6.04 Å². The van der Waals surface area contributed by atoms with Crippen molar-refractivity contribution in [3.8, 4) is 0 Å². The van der Waals surface area contributed by atoms with E-state index in [-0.39, 0.29) is 11.0 Å². The first-order valence-electron chi connectivity index (χ1n) is 5.66. The molecular formula is C11H21NOS. The van der Waals surface area contributed by atoms with E-state index in [1.807, 2.05) is 11.8 Å². The monoisotopic (exact) mass is 215 g/mol. The van der Waals surface area contributed by atoms with Gasteiger partial charge in [0, 0.05) is 12.6 Å². The quantitative estimate of drug-likeness (QED) is 0.724. The zero-order chi connectivity index (χ0) is 10.2. The summed E-state index contributed by atoms with van der Waals surface area (Å²) in [4.78, 5) is 2.34. The van der Waals surface area contributed by atoms with E-state index in [9.17, 15) is 5.11 Å². The van der Waals surface area contributed by atoms with Crippen LogP contribution in [0.15, 0.2) is 0 Å². The van der Waals surface area contributed by atoms with Crippen molar-refractivity contribution < 1.29 is 5.11 Å². The van der Waals surface area contributed by atoms with Gasteiger partial charge in [-0.25, -0.2) is 0 Å². The maximum absolute atomic E-state index is 10.3. The highest BCUT2D eigenvalue weighted by Crippen LogP contribution is 2.41. The SMILES string of the molecule is CSC1(C)CCC2CCCCN2C1O. The van der Waals surface area contributed by atoms with Crippen LogP contribution < -0.4 is 0 Å². The number of aliphatic hydroxyl groups is 1. The zero-order valence-corrected chi connectivity index (χ0v) is 10.0. The molecule has 3 heteroatoms. The topological polar surface area (TPSA) is 23.5 Å². The molecule has 0 aliphatic carbocycles. The summed E-state index contributed by atoms with van der Waals surface area (Å²) in [5.74, 6) is 0. The molecular weight excluding hydrogens is 194 g/mol. The van der Waals surface area contributed by atoms with Gasteiger partial charge in [0.05, 0.1) is 4.75 Å². The Bertz CT molecular complexity index is 211. The second-order valence-electron chi connectivity index (χ2n) is 4.82. The predicted octanol–water partition coefficient (Wildman–Crippen LogP) is 2.07. The molecule has 0 radical (unpaired) electrons. The fraction of sp³-hybridized carbons (Fsp3) is 1.00. The summed E-state index contributed by atoms with van der Waals surface area (Å²) < 4.78 is 0.0633. The largest absolute Gasteiger partial charge is 0.377 e. The highest BCUT2D eigenvalue weighted by molar-refractivity contribution is 8.00. The molecule has 0 spiro atoms. The van der Waals surface area contributed by atoms with Gasteiger partial charge in [0.2, 0.25) is 0 Å². The Morgan fingerprint density at radius 3 is 2.86 bits per heavy atom. The van der Waals surface area contributed by atoms with Crippen molar-refractivity contribution in [3.63, 3.8) is 0 Å². The first-order valence-corrected chi connectivity index (χ1v) is 6.89. The van der Waals surface area contributed by atoms with Crippen LogP contribution in [-0.4, -0.2) is 39.8 Å². The van der Waals surface area contributed by atoms with E-state index >= 15 is 0 Å². The minimum atomic E-state index is -0.225. The summed E-state index contributed by atoms with van der Waals surface area (Å²) in [6, 6.07) is 0.666. The number of aliphatic hydroxyl groups excluding tert-OH is 1. The van der Waals surface area contributed by atoms with Crippen molar-refractivity contribution in [1.82, 2.24) is 4.90 Å². The molecule has 2 fully saturated rings. The van der Waals surface area contributed by atoms with E-state index in [1.165, 1.54) is 25.7 Å². The molecule has 0 amide bonds. The van der Waals surface area contributed by atoms with E-state index in [1.54, 1.807) is 0 Å². The number of piperidine rings is 2. The van der Waals surface area contributed by atoms with Crippen LogP contribution in [-0.2, 0) is 0 Å². The summed E-state index contributed by atoms with van der Waals surface area (Å²) >= 11 is 1.82. The van der Waals surface area contributed by atoms with E-state index in [2.05, 4.69) is 18.1 Å². The van der Waals surface area contributed by atoms with Crippen LogP contribution in [0.3, 0.4) is 0 Å². The Balaban J connectivity index is 2.10. The lowest BCUT2D eigenvalue weighted by molar-refractivity contribution is -0.0884. The first kappa shape index (κ1) is 10.8. The van der Waals surface area contributed by atoms with Gasteiger partial charge in [0.15, 0.2) is 0 Å². The molecule has 0 aromatic carbocycles. The molecule has 3 unspecified atom stereocenters. The minimum absolute atomic E-state index is 0.0633. The number of fused-ring (bicyclic) bond motifs is 1. The van der Waals surface area contributed by atoms with Gasteiger partial charge in [-0.2, -0.15) is 11.8 Å². The Morgan fingerprint density at radius 2 is 2.14 bits per heavy atom. The van der Waals surface area contributed by atoms with Gasteiger partial charge in [-0.15, -0.1) is 0 Å². The van der Waals surface area contributed by atoms with Gasteiger partial charge in [-0.1, -0.05) is 6.42 Å². The summed E-state index contributed by atoms with van der Waals surface area (Å²) in [7, 11) is 0. The Labute approximate surface area is 91.1 Å². The van der Waals surface area contributed by atoms with Gasteiger partial charge in [-0.3, -0.25) is 4.90 Å². The molecule has 0 aromatic heterocycles. The van der Waals surface area contributed by atoms with Gasteiger partial charge in [0.1, 0.15) is 6.23 Å². The standard InChI is InChI=1S/C11H21NOS/c1-11(14-2)7-6-9-5-3-4-8-12(9)10(11)13/h9-10,13H,3-8H2,1-2H3. The third-order valence-electron chi connectivity index (χ3n) is 3.97. The van der Waals surface area contributed by atoms with Crippen LogP contribution >= 0.6 is 11.8 Å². The number of nitrogens with zero attached hydrogens (tertiary/aromatic N) is 1. The lowest BCUT2D eigenvalue weighted by atomic mass is 9.86. The molecule has 2 aliphatic heterocycles. The number of rotatable bonds is 1. The van der Waals surface area contributed by atoms with Crippen molar-refractivity contribution >= 4 is 11.8 Å². The molecule has 2 aliphatic rings. The van der Waals surface area contributed by atoms with E-state index < -0.39 is 0 Å². The van der Waals surface area contributed by atoms with Crippen molar-refractivity contribution in [3.05, 3.63) is 0 Å². The fourth-order valence-electron chi connectivity index (χ4n) is 2.80. The highest BCUT2D eigenvalue weighted by atomic mass is 32.2. The lowest BCUT2D eigenvalue weighted by Crippen LogP contribution is -2.59. The molecule has 14 heavy (non-hydrogen) atoms. The third-order valence-corrected chi connectivity index (χ3v) is 5.32. The van der Waals surface area contributed by atoms with Crippen molar-refractivity contribution in [2.24, 2.45) is 0 Å². The van der Waals surface area contributed by atoms with Crippen LogP contribution in [0.2, 0.25) is 0 Å². The predicted molar refractivity (Wildman–Crippen MR) is 61.5 cm³/mol. The molecule has 2 rings (SSSR count). The summed E-state index contributed by atoms with van der Waals surface area (Å²) in [5, 5.41) is 10.3. The van der Waals surface area contributed by atoms with E-state index in [0.717, 1.165) is 13.0 Å². The maximum Gasteiger partial charge on any atom is 0.122 e. The summed E-state index contributed by atoms with van der Waals surface area (Å²) in [6.45, 7) is 3.30. The molecule has 0 bridgehead atoms. The Morgan fingerprint density at radius 1 is 1.36 bits per heavy atom. The normalized spacial score (nSPS) is 44.8. The molecule has 2 saturated heterocycles. The average Bonchev–Trinajstić information content (AvgIpc) is 2.24. The number of hydrogen-bond donors (Lipinski definition) is 1. The van der Waals surface area contributed by atoms with Crippen molar-refractivity contribution in [1.29, 1.82) is 0 Å². The molecule has 2 nitrogen and oxygen atoms in total. The van der Waals surface area contributed by atoms with Crippen LogP contribution in [0.4, 0.5) is 0 Å². The van der Waals surface area contributed by atoms with Crippen LogP contribution in [0, 0.1) is 0 Å². The number of thioether (sulfide) groups is 1. The van der Waals surface area contributed by atoms with Gasteiger partial charge in [0.25, 0.3) is 0 Å². The van der Waals surface area contributed by atoms with Gasteiger partial charge >= 0.3 is 0 Å². The smallest absolute Gasteiger partial charge is 0.122 e. The zero-order valence-electron chi connectivity index (χ0n) is 9.20.